The smallest absolute Gasteiger partial charge is 0.0484 e. The third-order valence-corrected chi connectivity index (χ3v) is 5.30. The van der Waals surface area contributed by atoms with Gasteiger partial charge >= 0.3 is 0 Å². The average Bonchev–Trinajstić information content (AvgIpc) is 2.87. The van der Waals surface area contributed by atoms with Crippen LogP contribution in [0.1, 0.15) is 37.9 Å². The van der Waals surface area contributed by atoms with Gasteiger partial charge in [-0.15, -0.1) is 0 Å². The Bertz CT molecular complexity index is 473. The fraction of sp³-hybridized carbons (Fsp3) is 0.667. The van der Waals surface area contributed by atoms with Crippen molar-refractivity contribution >= 4 is 0 Å². The number of rotatable bonds is 4. The molecule has 3 heteroatoms. The molecule has 2 aliphatic rings. The standard InChI is InChI=1S/C18H29N3/c1-4-19-18-16-9-7-6-8-15(16)12-17(18)21-11-10-20(5-2)14(3)13-21/h6-9,14,17-19H,4-5,10-13H2,1-3H3. The van der Waals surface area contributed by atoms with E-state index in [-0.39, 0.29) is 0 Å². The van der Waals surface area contributed by atoms with Crippen molar-refractivity contribution in [2.24, 2.45) is 0 Å². The Morgan fingerprint density at radius 2 is 2.00 bits per heavy atom. The van der Waals surface area contributed by atoms with Crippen LogP contribution >= 0.6 is 0 Å². The molecule has 0 saturated carbocycles. The zero-order valence-electron chi connectivity index (χ0n) is 13.7. The second-order valence-corrected chi connectivity index (χ2v) is 6.48. The molecule has 1 aromatic rings. The number of hydrogen-bond acceptors (Lipinski definition) is 3. The fourth-order valence-corrected chi connectivity index (χ4v) is 4.17. The molecule has 1 aliphatic carbocycles. The average molecular weight is 287 g/mol. The van der Waals surface area contributed by atoms with Crippen LogP contribution in [0.2, 0.25) is 0 Å². The van der Waals surface area contributed by atoms with Gasteiger partial charge in [-0.25, -0.2) is 0 Å². The second kappa shape index (κ2) is 6.47. The van der Waals surface area contributed by atoms with E-state index in [4.69, 9.17) is 0 Å². The molecule has 3 rings (SSSR count). The van der Waals surface area contributed by atoms with Crippen molar-refractivity contribution in [3.05, 3.63) is 35.4 Å². The van der Waals surface area contributed by atoms with E-state index in [2.05, 4.69) is 60.2 Å². The summed E-state index contributed by atoms with van der Waals surface area (Å²) >= 11 is 0. The first-order valence-electron chi connectivity index (χ1n) is 8.53. The van der Waals surface area contributed by atoms with Crippen molar-refractivity contribution < 1.29 is 0 Å². The summed E-state index contributed by atoms with van der Waals surface area (Å²) in [6.07, 6.45) is 1.20. The first-order chi connectivity index (χ1) is 10.2. The summed E-state index contributed by atoms with van der Waals surface area (Å²) < 4.78 is 0. The summed E-state index contributed by atoms with van der Waals surface area (Å²) in [6.45, 7) is 12.7. The summed E-state index contributed by atoms with van der Waals surface area (Å²) in [5.41, 5.74) is 3.06. The molecule has 1 fully saturated rings. The van der Waals surface area contributed by atoms with Gasteiger partial charge in [0.25, 0.3) is 0 Å². The van der Waals surface area contributed by atoms with E-state index in [1.54, 1.807) is 5.56 Å². The molecule has 21 heavy (non-hydrogen) atoms. The van der Waals surface area contributed by atoms with E-state index in [0.717, 1.165) is 6.54 Å². The van der Waals surface area contributed by atoms with E-state index < -0.39 is 0 Å². The van der Waals surface area contributed by atoms with Crippen LogP contribution in [0.15, 0.2) is 24.3 Å². The summed E-state index contributed by atoms with van der Waals surface area (Å²) in [5.74, 6) is 0. The van der Waals surface area contributed by atoms with Crippen molar-refractivity contribution in [2.75, 3.05) is 32.7 Å². The highest BCUT2D eigenvalue weighted by atomic mass is 15.3. The van der Waals surface area contributed by atoms with Gasteiger partial charge in [-0.05, 0) is 37.6 Å². The van der Waals surface area contributed by atoms with Crippen LogP contribution in [0.4, 0.5) is 0 Å². The molecule has 0 amide bonds. The predicted molar refractivity (Wildman–Crippen MR) is 88.6 cm³/mol. The third kappa shape index (κ3) is 2.87. The molecule has 3 unspecified atom stereocenters. The Morgan fingerprint density at radius 3 is 2.71 bits per heavy atom. The van der Waals surface area contributed by atoms with E-state index in [1.807, 2.05) is 0 Å². The molecule has 3 nitrogen and oxygen atoms in total. The van der Waals surface area contributed by atoms with Crippen LogP contribution < -0.4 is 5.32 Å². The maximum absolute atomic E-state index is 3.73. The number of benzene rings is 1. The molecule has 1 aliphatic heterocycles. The van der Waals surface area contributed by atoms with E-state index in [9.17, 15) is 0 Å². The molecule has 1 saturated heterocycles. The predicted octanol–water partition coefficient (Wildman–Crippen LogP) is 2.29. The lowest BCUT2D eigenvalue weighted by atomic mass is 10.0. The number of nitrogens with zero attached hydrogens (tertiary/aromatic N) is 2. The highest BCUT2D eigenvalue weighted by molar-refractivity contribution is 5.37. The molecule has 0 aromatic heterocycles. The Labute approximate surface area is 129 Å². The Hall–Kier alpha value is -0.900. The van der Waals surface area contributed by atoms with Crippen molar-refractivity contribution in [3.63, 3.8) is 0 Å². The summed E-state index contributed by atoms with van der Waals surface area (Å²) in [5, 5.41) is 3.73. The van der Waals surface area contributed by atoms with Crippen molar-refractivity contribution in [2.45, 2.75) is 45.3 Å². The molecule has 0 bridgehead atoms. The molecule has 1 aromatic carbocycles. The Kier molecular flexibility index (Phi) is 4.63. The highest BCUT2D eigenvalue weighted by Gasteiger charge is 2.37. The van der Waals surface area contributed by atoms with Gasteiger partial charge in [-0.3, -0.25) is 9.80 Å². The van der Waals surface area contributed by atoms with Crippen molar-refractivity contribution in [1.82, 2.24) is 15.1 Å². The molecular weight excluding hydrogens is 258 g/mol. The van der Waals surface area contributed by atoms with Crippen LogP contribution in [0.3, 0.4) is 0 Å². The van der Waals surface area contributed by atoms with E-state index in [0.29, 0.717) is 18.1 Å². The van der Waals surface area contributed by atoms with Gasteiger partial charge in [0.2, 0.25) is 0 Å². The summed E-state index contributed by atoms with van der Waals surface area (Å²) in [7, 11) is 0. The van der Waals surface area contributed by atoms with E-state index in [1.165, 1.54) is 38.2 Å². The molecule has 0 radical (unpaired) electrons. The first-order valence-corrected chi connectivity index (χ1v) is 8.53. The quantitative estimate of drug-likeness (QED) is 0.916. The number of nitrogens with one attached hydrogen (secondary N) is 1. The maximum Gasteiger partial charge on any atom is 0.0484 e. The minimum absolute atomic E-state index is 0.506. The lowest BCUT2D eigenvalue weighted by Gasteiger charge is -2.43. The second-order valence-electron chi connectivity index (χ2n) is 6.48. The molecule has 1 heterocycles. The summed E-state index contributed by atoms with van der Waals surface area (Å²) in [4.78, 5) is 5.32. The lowest BCUT2D eigenvalue weighted by molar-refractivity contribution is 0.0498. The van der Waals surface area contributed by atoms with E-state index >= 15 is 0 Å². The minimum Gasteiger partial charge on any atom is -0.309 e. The Balaban J connectivity index is 1.76. The number of piperazine rings is 1. The van der Waals surface area contributed by atoms with Gasteiger partial charge in [0.05, 0.1) is 0 Å². The van der Waals surface area contributed by atoms with Crippen LogP contribution in [-0.4, -0.2) is 54.6 Å². The highest BCUT2D eigenvalue weighted by Crippen LogP contribution is 2.35. The number of hydrogen-bond donors (Lipinski definition) is 1. The van der Waals surface area contributed by atoms with Crippen molar-refractivity contribution in [1.29, 1.82) is 0 Å². The Morgan fingerprint density at radius 1 is 1.19 bits per heavy atom. The molecule has 116 valence electrons. The fourth-order valence-electron chi connectivity index (χ4n) is 4.17. The normalized spacial score (nSPS) is 30.5. The molecule has 1 N–H and O–H groups in total. The lowest BCUT2D eigenvalue weighted by Crippen LogP contribution is -2.56. The number of likely N-dealkylation sites (N-methyl/N-ethyl adjacent to an activating group) is 2. The minimum atomic E-state index is 0.506. The largest absolute Gasteiger partial charge is 0.309 e. The van der Waals surface area contributed by atoms with Gasteiger partial charge in [0.15, 0.2) is 0 Å². The van der Waals surface area contributed by atoms with Crippen LogP contribution in [0, 0.1) is 0 Å². The van der Waals surface area contributed by atoms with Crippen LogP contribution in [0.25, 0.3) is 0 Å². The van der Waals surface area contributed by atoms with Gasteiger partial charge < -0.3 is 5.32 Å². The first kappa shape index (κ1) is 15.0. The zero-order valence-corrected chi connectivity index (χ0v) is 13.7. The van der Waals surface area contributed by atoms with Crippen LogP contribution in [-0.2, 0) is 6.42 Å². The van der Waals surface area contributed by atoms with Gasteiger partial charge in [-0.2, -0.15) is 0 Å². The molecule has 0 spiro atoms. The number of fused-ring (bicyclic) bond motifs is 1. The third-order valence-electron chi connectivity index (χ3n) is 5.30. The topological polar surface area (TPSA) is 18.5 Å². The van der Waals surface area contributed by atoms with Gasteiger partial charge in [0.1, 0.15) is 0 Å². The van der Waals surface area contributed by atoms with Crippen LogP contribution in [0.5, 0.6) is 0 Å². The maximum atomic E-state index is 3.73. The zero-order chi connectivity index (χ0) is 14.8. The van der Waals surface area contributed by atoms with Gasteiger partial charge in [-0.1, -0.05) is 38.1 Å². The summed E-state index contributed by atoms with van der Waals surface area (Å²) in [6, 6.07) is 10.8. The monoisotopic (exact) mass is 287 g/mol. The molecular formula is C18H29N3. The van der Waals surface area contributed by atoms with Crippen molar-refractivity contribution in [3.8, 4) is 0 Å². The van der Waals surface area contributed by atoms with Gasteiger partial charge in [0, 0.05) is 37.8 Å². The molecule has 3 atom stereocenters. The SMILES string of the molecule is CCNC1c2ccccc2CC1N1CCN(CC)C(C)C1.